The van der Waals surface area contributed by atoms with Gasteiger partial charge in [-0.1, -0.05) is 23.7 Å². The molecule has 0 saturated heterocycles. The van der Waals surface area contributed by atoms with E-state index in [1.165, 1.54) is 32.2 Å². The van der Waals surface area contributed by atoms with Crippen LogP contribution in [-0.4, -0.2) is 29.8 Å². The smallest absolute Gasteiger partial charge is 0.164 e. The monoisotopic (exact) mass is 277 g/mol. The fourth-order valence-corrected chi connectivity index (χ4v) is 2.74. The van der Waals surface area contributed by atoms with Crippen molar-refractivity contribution < 1.29 is 4.79 Å². The maximum absolute atomic E-state index is 12.2. The van der Waals surface area contributed by atoms with Gasteiger partial charge in [0.15, 0.2) is 5.78 Å². The fraction of sp³-hybridized carbons (Fsp3) is 0.562. The summed E-state index contributed by atoms with van der Waals surface area (Å²) in [5.74, 6) is 1.12. The maximum Gasteiger partial charge on any atom is 0.164 e. The van der Waals surface area contributed by atoms with E-state index in [9.17, 15) is 4.79 Å². The summed E-state index contributed by atoms with van der Waals surface area (Å²) in [6.45, 7) is 2.11. The van der Waals surface area contributed by atoms with Crippen molar-refractivity contribution in [1.82, 2.24) is 4.90 Å². The van der Waals surface area contributed by atoms with Crippen LogP contribution in [0.2, 0.25) is 5.02 Å². The molecule has 3 heteroatoms. The van der Waals surface area contributed by atoms with Crippen LogP contribution in [0.3, 0.4) is 0 Å². The molecule has 2 fully saturated rings. The average Bonchev–Trinajstić information content (AvgIpc) is 3.27. The predicted octanol–water partition coefficient (Wildman–Crippen LogP) is 3.79. The van der Waals surface area contributed by atoms with E-state index < -0.39 is 0 Å². The molecule has 0 bridgehead atoms. The zero-order valence-electron chi connectivity index (χ0n) is 11.1. The fourth-order valence-electron chi connectivity index (χ4n) is 2.55. The van der Waals surface area contributed by atoms with Crippen LogP contribution in [0.25, 0.3) is 0 Å². The summed E-state index contributed by atoms with van der Waals surface area (Å²) in [6.07, 6.45) is 6.01. The molecule has 0 aliphatic heterocycles. The maximum atomic E-state index is 12.2. The number of Topliss-reactive ketones (excluding diaryl/α,β-unsaturated/α-hetero) is 1. The molecule has 2 saturated carbocycles. The molecule has 1 aromatic rings. The number of benzene rings is 1. The van der Waals surface area contributed by atoms with Gasteiger partial charge in [0.25, 0.3) is 0 Å². The summed E-state index contributed by atoms with van der Waals surface area (Å²) in [7, 11) is 0. The van der Waals surface area contributed by atoms with Gasteiger partial charge in [-0.05, 0) is 43.7 Å². The largest absolute Gasteiger partial charge is 0.300 e. The minimum absolute atomic E-state index is 0.212. The van der Waals surface area contributed by atoms with Gasteiger partial charge in [-0.2, -0.15) is 0 Å². The van der Waals surface area contributed by atoms with Crippen LogP contribution in [0.1, 0.15) is 42.5 Å². The van der Waals surface area contributed by atoms with Crippen LogP contribution < -0.4 is 0 Å². The van der Waals surface area contributed by atoms with Crippen LogP contribution >= 0.6 is 11.6 Å². The lowest BCUT2D eigenvalue weighted by Crippen LogP contribution is -2.30. The van der Waals surface area contributed by atoms with E-state index >= 15 is 0 Å². The lowest BCUT2D eigenvalue weighted by Gasteiger charge is -2.21. The third-order valence-corrected chi connectivity index (χ3v) is 4.26. The van der Waals surface area contributed by atoms with E-state index in [1.54, 1.807) is 6.07 Å². The first-order chi connectivity index (χ1) is 9.22. The normalized spacial score (nSPS) is 18.8. The minimum atomic E-state index is 0.212. The first-order valence-electron chi connectivity index (χ1n) is 7.25. The van der Waals surface area contributed by atoms with Gasteiger partial charge in [-0.15, -0.1) is 0 Å². The second-order valence-electron chi connectivity index (χ2n) is 5.85. The Bertz CT molecular complexity index is 466. The van der Waals surface area contributed by atoms with Gasteiger partial charge in [0, 0.05) is 36.1 Å². The molecule has 19 heavy (non-hydrogen) atoms. The van der Waals surface area contributed by atoms with Crippen molar-refractivity contribution in [1.29, 1.82) is 0 Å². The first kappa shape index (κ1) is 13.1. The molecule has 0 radical (unpaired) electrons. The number of hydrogen-bond acceptors (Lipinski definition) is 2. The number of ketones is 1. The minimum Gasteiger partial charge on any atom is -0.300 e. The molecule has 0 unspecified atom stereocenters. The first-order valence-corrected chi connectivity index (χ1v) is 7.63. The SMILES string of the molecule is O=C(CCN(CC1CC1)C1CC1)c1cccc(Cl)c1. The van der Waals surface area contributed by atoms with Crippen LogP contribution in [0, 0.1) is 5.92 Å². The van der Waals surface area contributed by atoms with Crippen LogP contribution in [0.15, 0.2) is 24.3 Å². The van der Waals surface area contributed by atoms with Gasteiger partial charge in [0.05, 0.1) is 0 Å². The Morgan fingerprint density at radius 2 is 2.05 bits per heavy atom. The Hall–Kier alpha value is -0.860. The zero-order chi connectivity index (χ0) is 13.2. The zero-order valence-corrected chi connectivity index (χ0v) is 11.9. The molecule has 0 heterocycles. The summed E-state index contributed by atoms with van der Waals surface area (Å²) in [5, 5.41) is 0.642. The van der Waals surface area contributed by atoms with E-state index in [0.29, 0.717) is 11.4 Å². The molecule has 2 aliphatic rings. The van der Waals surface area contributed by atoms with Gasteiger partial charge in [-0.3, -0.25) is 9.69 Å². The molecule has 3 rings (SSSR count). The Kier molecular flexibility index (Phi) is 3.90. The molecule has 0 spiro atoms. The third-order valence-electron chi connectivity index (χ3n) is 4.03. The molecule has 2 nitrogen and oxygen atoms in total. The number of carbonyl (C=O) groups is 1. The van der Waals surface area contributed by atoms with E-state index in [0.717, 1.165) is 24.1 Å². The molecule has 1 aromatic carbocycles. The molecule has 0 N–H and O–H groups in total. The lowest BCUT2D eigenvalue weighted by atomic mass is 10.1. The second kappa shape index (κ2) is 5.64. The van der Waals surface area contributed by atoms with Crippen molar-refractivity contribution in [2.45, 2.75) is 38.1 Å². The highest BCUT2D eigenvalue weighted by Crippen LogP contribution is 2.34. The molecule has 0 aromatic heterocycles. The summed E-state index contributed by atoms with van der Waals surface area (Å²) < 4.78 is 0. The number of carbonyl (C=O) groups excluding carboxylic acids is 1. The molecule has 0 atom stereocenters. The average molecular weight is 278 g/mol. The van der Waals surface area contributed by atoms with Crippen molar-refractivity contribution in [2.75, 3.05) is 13.1 Å². The highest BCUT2D eigenvalue weighted by Gasteiger charge is 2.33. The standard InChI is InChI=1S/C16H20ClNO/c17-14-3-1-2-13(10-14)16(19)8-9-18(15-6-7-15)11-12-4-5-12/h1-3,10,12,15H,4-9,11H2. The van der Waals surface area contributed by atoms with Crippen molar-refractivity contribution in [3.8, 4) is 0 Å². The Morgan fingerprint density at radius 3 is 2.68 bits per heavy atom. The quantitative estimate of drug-likeness (QED) is 0.707. The summed E-state index contributed by atoms with van der Waals surface area (Å²) in [6, 6.07) is 8.04. The van der Waals surface area contributed by atoms with Gasteiger partial charge >= 0.3 is 0 Å². The van der Waals surface area contributed by atoms with Gasteiger partial charge in [0.2, 0.25) is 0 Å². The summed E-state index contributed by atoms with van der Waals surface area (Å²) >= 11 is 5.93. The van der Waals surface area contributed by atoms with Crippen molar-refractivity contribution in [2.24, 2.45) is 5.92 Å². The Labute approximate surface area is 119 Å². The van der Waals surface area contributed by atoms with Crippen LogP contribution in [-0.2, 0) is 0 Å². The van der Waals surface area contributed by atoms with Crippen LogP contribution in [0.5, 0.6) is 0 Å². The summed E-state index contributed by atoms with van der Waals surface area (Å²) in [4.78, 5) is 14.7. The molecule has 0 amide bonds. The summed E-state index contributed by atoms with van der Waals surface area (Å²) in [5.41, 5.74) is 0.745. The van der Waals surface area contributed by atoms with E-state index in [2.05, 4.69) is 4.90 Å². The predicted molar refractivity (Wildman–Crippen MR) is 77.7 cm³/mol. The molecule has 2 aliphatic carbocycles. The Morgan fingerprint density at radius 1 is 1.26 bits per heavy atom. The van der Waals surface area contributed by atoms with Gasteiger partial charge in [0.1, 0.15) is 0 Å². The lowest BCUT2D eigenvalue weighted by molar-refractivity contribution is 0.0961. The number of halogens is 1. The highest BCUT2D eigenvalue weighted by molar-refractivity contribution is 6.31. The highest BCUT2D eigenvalue weighted by atomic mass is 35.5. The van der Waals surface area contributed by atoms with E-state index in [4.69, 9.17) is 11.6 Å². The van der Waals surface area contributed by atoms with Gasteiger partial charge < -0.3 is 0 Å². The number of hydrogen-bond donors (Lipinski definition) is 0. The van der Waals surface area contributed by atoms with Gasteiger partial charge in [-0.25, -0.2) is 0 Å². The van der Waals surface area contributed by atoms with Crippen molar-refractivity contribution in [3.05, 3.63) is 34.9 Å². The molecular formula is C16H20ClNO. The second-order valence-corrected chi connectivity index (χ2v) is 6.29. The number of nitrogens with zero attached hydrogens (tertiary/aromatic N) is 1. The topological polar surface area (TPSA) is 20.3 Å². The van der Waals surface area contributed by atoms with E-state index in [-0.39, 0.29) is 5.78 Å². The molecule has 102 valence electrons. The Balaban J connectivity index is 1.53. The van der Waals surface area contributed by atoms with E-state index in [1.807, 2.05) is 18.2 Å². The van der Waals surface area contributed by atoms with Crippen molar-refractivity contribution in [3.63, 3.8) is 0 Å². The van der Waals surface area contributed by atoms with Crippen LogP contribution in [0.4, 0.5) is 0 Å². The molecular weight excluding hydrogens is 258 g/mol. The number of rotatable bonds is 7. The van der Waals surface area contributed by atoms with Crippen molar-refractivity contribution >= 4 is 17.4 Å². The third kappa shape index (κ3) is 3.80.